The molecule has 1 rings (SSSR count). The fraction of sp³-hybridized carbons (Fsp3) is 0.818. The van der Waals surface area contributed by atoms with Gasteiger partial charge >= 0.3 is 0 Å². The van der Waals surface area contributed by atoms with Gasteiger partial charge in [0.2, 0.25) is 0 Å². The van der Waals surface area contributed by atoms with Crippen LogP contribution in [0.4, 0.5) is 0 Å². The molecule has 0 spiro atoms. The molecule has 1 aliphatic heterocycles. The summed E-state index contributed by atoms with van der Waals surface area (Å²) in [6, 6.07) is 0. The topological polar surface area (TPSA) is 27.7 Å². The van der Waals surface area contributed by atoms with E-state index in [0.717, 1.165) is 19.4 Å². The summed E-state index contributed by atoms with van der Waals surface area (Å²) >= 11 is 0. The molecule has 1 aliphatic rings. The van der Waals surface area contributed by atoms with Gasteiger partial charge in [0.05, 0.1) is 12.7 Å². The van der Waals surface area contributed by atoms with Gasteiger partial charge < -0.3 is 13.9 Å². The first-order valence-electron chi connectivity index (χ1n) is 10.2. The highest BCUT2D eigenvalue weighted by atomic mass is 28.4. The van der Waals surface area contributed by atoms with Crippen molar-refractivity contribution in [1.82, 2.24) is 0 Å². The summed E-state index contributed by atoms with van der Waals surface area (Å²) in [6.45, 7) is 17.5. The molecule has 0 aliphatic carbocycles. The Morgan fingerprint density at radius 2 is 1.85 bits per heavy atom. The fourth-order valence-corrected chi connectivity index (χ4v) is 4.39. The van der Waals surface area contributed by atoms with Crippen LogP contribution in [0, 0.1) is 5.92 Å². The molecule has 0 fully saturated rings. The van der Waals surface area contributed by atoms with Gasteiger partial charge in [0, 0.05) is 19.6 Å². The van der Waals surface area contributed by atoms with Crippen LogP contribution in [0.3, 0.4) is 0 Å². The molecule has 26 heavy (non-hydrogen) atoms. The number of ether oxygens (including phenoxy) is 2. The SMILES string of the molecule is CO[C@H]1/C=C/CCCCCOC/C(C)=C\[C@@H](C)[C@@H]1O[Si](C)(C)C(C)(C)C. The maximum absolute atomic E-state index is 6.84. The van der Waals surface area contributed by atoms with Crippen LogP contribution in [0.1, 0.15) is 60.3 Å². The van der Waals surface area contributed by atoms with Gasteiger partial charge in [-0.05, 0) is 44.3 Å². The van der Waals surface area contributed by atoms with E-state index < -0.39 is 8.32 Å². The molecule has 0 aromatic carbocycles. The Labute approximate surface area is 163 Å². The van der Waals surface area contributed by atoms with Crippen molar-refractivity contribution < 1.29 is 13.9 Å². The first-order chi connectivity index (χ1) is 12.1. The molecule has 0 unspecified atom stereocenters. The van der Waals surface area contributed by atoms with Crippen molar-refractivity contribution in [2.75, 3.05) is 20.3 Å². The smallest absolute Gasteiger partial charge is 0.192 e. The van der Waals surface area contributed by atoms with Crippen LogP contribution in [-0.4, -0.2) is 40.8 Å². The quantitative estimate of drug-likeness (QED) is 0.434. The Balaban J connectivity index is 3.11. The van der Waals surface area contributed by atoms with Gasteiger partial charge in [-0.1, -0.05) is 57.9 Å². The summed E-state index contributed by atoms with van der Waals surface area (Å²) in [5.41, 5.74) is 1.28. The van der Waals surface area contributed by atoms with E-state index in [-0.39, 0.29) is 23.2 Å². The van der Waals surface area contributed by atoms with Crippen molar-refractivity contribution in [3.8, 4) is 0 Å². The van der Waals surface area contributed by atoms with E-state index in [0.29, 0.717) is 6.61 Å². The molecule has 3 nitrogen and oxygen atoms in total. The number of rotatable bonds is 3. The van der Waals surface area contributed by atoms with Crippen LogP contribution in [0.15, 0.2) is 23.8 Å². The van der Waals surface area contributed by atoms with Crippen LogP contribution in [0.2, 0.25) is 18.1 Å². The number of hydrogen-bond acceptors (Lipinski definition) is 3. The minimum Gasteiger partial charge on any atom is -0.410 e. The molecule has 152 valence electrons. The zero-order chi connectivity index (χ0) is 19.8. The molecule has 0 radical (unpaired) electrons. The van der Waals surface area contributed by atoms with Gasteiger partial charge in [-0.2, -0.15) is 0 Å². The van der Waals surface area contributed by atoms with Gasteiger partial charge in [-0.25, -0.2) is 0 Å². The Bertz CT molecular complexity index is 462. The first kappa shape index (κ1) is 23.6. The van der Waals surface area contributed by atoms with E-state index in [1.165, 1.54) is 18.4 Å². The summed E-state index contributed by atoms with van der Waals surface area (Å²) in [6.07, 6.45) is 11.5. The molecule has 4 heteroatoms. The molecule has 0 N–H and O–H groups in total. The maximum atomic E-state index is 6.84. The third kappa shape index (κ3) is 7.67. The highest BCUT2D eigenvalue weighted by molar-refractivity contribution is 6.74. The minimum atomic E-state index is -1.90. The minimum absolute atomic E-state index is 0.0213. The molecule has 0 saturated heterocycles. The van der Waals surface area contributed by atoms with E-state index in [4.69, 9.17) is 13.9 Å². The molecule has 0 bridgehead atoms. The third-order valence-electron chi connectivity index (χ3n) is 5.71. The maximum Gasteiger partial charge on any atom is 0.192 e. The summed E-state index contributed by atoms with van der Waals surface area (Å²) in [7, 11) is -0.0988. The summed E-state index contributed by atoms with van der Waals surface area (Å²) in [5.74, 6) is 0.269. The van der Waals surface area contributed by atoms with Gasteiger partial charge in [0.15, 0.2) is 8.32 Å². The molecule has 1 heterocycles. The van der Waals surface area contributed by atoms with Gasteiger partial charge in [-0.3, -0.25) is 0 Å². The van der Waals surface area contributed by atoms with Crippen LogP contribution in [-0.2, 0) is 13.9 Å². The van der Waals surface area contributed by atoms with Crippen LogP contribution < -0.4 is 0 Å². The lowest BCUT2D eigenvalue weighted by Gasteiger charge is -2.42. The van der Waals surface area contributed by atoms with E-state index in [1.807, 2.05) is 0 Å². The molecule has 0 saturated carbocycles. The van der Waals surface area contributed by atoms with Crippen molar-refractivity contribution in [1.29, 1.82) is 0 Å². The lowest BCUT2D eigenvalue weighted by atomic mass is 9.96. The predicted molar refractivity (Wildman–Crippen MR) is 114 cm³/mol. The monoisotopic (exact) mass is 382 g/mol. The lowest BCUT2D eigenvalue weighted by molar-refractivity contribution is 0.00545. The highest BCUT2D eigenvalue weighted by Gasteiger charge is 2.41. The fourth-order valence-electron chi connectivity index (χ4n) is 3.01. The Hall–Kier alpha value is -0.423. The Morgan fingerprint density at radius 3 is 2.46 bits per heavy atom. The van der Waals surface area contributed by atoms with Crippen molar-refractivity contribution in [3.63, 3.8) is 0 Å². The number of methoxy groups -OCH3 is 1. The van der Waals surface area contributed by atoms with Crippen molar-refractivity contribution >= 4 is 8.32 Å². The molecular weight excluding hydrogens is 340 g/mol. The second-order valence-electron chi connectivity index (χ2n) is 9.25. The molecular formula is C22H42O3Si. The summed E-state index contributed by atoms with van der Waals surface area (Å²) < 4.78 is 18.6. The zero-order valence-corrected chi connectivity index (χ0v) is 19.4. The van der Waals surface area contributed by atoms with E-state index in [9.17, 15) is 0 Å². The molecule has 0 amide bonds. The van der Waals surface area contributed by atoms with Crippen LogP contribution >= 0.6 is 0 Å². The van der Waals surface area contributed by atoms with E-state index in [1.54, 1.807) is 7.11 Å². The normalized spacial score (nSPS) is 30.9. The summed E-state index contributed by atoms with van der Waals surface area (Å²) in [4.78, 5) is 0. The zero-order valence-electron chi connectivity index (χ0n) is 18.4. The van der Waals surface area contributed by atoms with Gasteiger partial charge in [0.1, 0.15) is 6.10 Å². The average molecular weight is 383 g/mol. The van der Waals surface area contributed by atoms with Gasteiger partial charge in [-0.15, -0.1) is 0 Å². The van der Waals surface area contributed by atoms with E-state index >= 15 is 0 Å². The third-order valence-corrected chi connectivity index (χ3v) is 10.2. The predicted octanol–water partition coefficient (Wildman–Crippen LogP) is 6.12. The van der Waals surface area contributed by atoms with Crippen LogP contribution in [0.25, 0.3) is 0 Å². The van der Waals surface area contributed by atoms with E-state index in [2.05, 4.69) is 65.9 Å². The van der Waals surface area contributed by atoms with Crippen molar-refractivity contribution in [2.45, 2.75) is 90.6 Å². The second-order valence-corrected chi connectivity index (χ2v) is 14.0. The standard InChI is InChI=1S/C22H42O3Si/c1-18-16-19(2)21(25-26(7,8)22(3,4)5)20(23-6)14-12-10-9-11-13-15-24-17-18/h12,14,16,19-21H,9-11,13,15,17H2,1-8H3/b14-12+,18-16-/t19-,20+,21+/m1/s1. The van der Waals surface area contributed by atoms with Crippen LogP contribution in [0.5, 0.6) is 0 Å². The molecule has 3 atom stereocenters. The summed E-state index contributed by atoms with van der Waals surface area (Å²) in [5, 5.41) is 0.176. The molecule has 0 aromatic heterocycles. The Morgan fingerprint density at radius 1 is 1.15 bits per heavy atom. The van der Waals surface area contributed by atoms with Crippen molar-refractivity contribution in [2.24, 2.45) is 5.92 Å². The average Bonchev–Trinajstić information content (AvgIpc) is 2.53. The Kier molecular flexibility index (Phi) is 9.80. The van der Waals surface area contributed by atoms with Crippen molar-refractivity contribution in [3.05, 3.63) is 23.8 Å². The highest BCUT2D eigenvalue weighted by Crippen LogP contribution is 2.39. The second kappa shape index (κ2) is 10.8. The largest absolute Gasteiger partial charge is 0.410 e. The lowest BCUT2D eigenvalue weighted by Crippen LogP contribution is -2.49. The van der Waals surface area contributed by atoms with Gasteiger partial charge in [0.25, 0.3) is 0 Å². The number of hydrogen-bond donors (Lipinski definition) is 0. The first-order valence-corrected chi connectivity index (χ1v) is 13.1. The number of allylic oxidation sites excluding steroid dienone is 1. The molecule has 0 aromatic rings.